The highest BCUT2D eigenvalue weighted by Crippen LogP contribution is 2.29. The molecule has 0 bridgehead atoms. The predicted octanol–water partition coefficient (Wildman–Crippen LogP) is 1.63. The lowest BCUT2D eigenvalue weighted by molar-refractivity contribution is -0.142. The molecule has 2 fully saturated rings. The van der Waals surface area contributed by atoms with E-state index < -0.39 is 52.5 Å². The first-order valence-electron chi connectivity index (χ1n) is 16.1. The monoisotopic (exact) mass is 652 g/mol. The molecule has 1 aromatic rings. The number of ether oxygens (including phenoxy) is 2. The Labute approximate surface area is 268 Å². The van der Waals surface area contributed by atoms with E-state index in [1.54, 1.807) is 24.3 Å². The van der Waals surface area contributed by atoms with Crippen LogP contribution in [0.15, 0.2) is 43.0 Å². The van der Waals surface area contributed by atoms with Crippen molar-refractivity contribution in [1.29, 1.82) is 0 Å². The summed E-state index contributed by atoms with van der Waals surface area (Å²) in [6, 6.07) is 6.91. The number of benzene rings is 1. The summed E-state index contributed by atoms with van der Waals surface area (Å²) in [7, 11) is -4.06. The number of carbonyl (C=O) groups is 2. The average Bonchev–Trinajstić information content (AvgIpc) is 3.02. The topological polar surface area (TPSA) is 167 Å². The number of hydrogen-bond donors (Lipinski definition) is 5. The van der Waals surface area contributed by atoms with Crippen LogP contribution in [-0.2, 0) is 35.7 Å². The summed E-state index contributed by atoms with van der Waals surface area (Å²) in [4.78, 5) is 27.4. The minimum absolute atomic E-state index is 0.0243. The van der Waals surface area contributed by atoms with Crippen molar-refractivity contribution < 1.29 is 37.7 Å². The number of nitrogens with zero attached hydrogens (tertiary/aromatic N) is 1. The molecule has 5 N–H and O–H groups in total. The Hall–Kier alpha value is -2.39. The maximum absolute atomic E-state index is 13.7. The largest absolute Gasteiger partial charge is 0.390 e. The van der Waals surface area contributed by atoms with Gasteiger partial charge in [0.05, 0.1) is 32.0 Å². The average molecular weight is 653 g/mol. The summed E-state index contributed by atoms with van der Waals surface area (Å²) < 4.78 is 41.1. The Kier molecular flexibility index (Phi) is 15.4. The SMILES string of the molecule is C=CCO[C@H](NC(=O)[C@H](Cc1ccccc1)NS(=O)(=O)N1CCOCC1)C(=O)N[C@@H](CC1CCCCC1)[C@@H](O)[C@@H](O)CC(C)C. The Morgan fingerprint density at radius 2 is 1.73 bits per heavy atom. The molecule has 13 heteroatoms. The number of amides is 2. The van der Waals surface area contributed by atoms with Crippen molar-refractivity contribution in [3.8, 4) is 0 Å². The molecule has 45 heavy (non-hydrogen) atoms. The van der Waals surface area contributed by atoms with Gasteiger partial charge in [-0.25, -0.2) is 0 Å². The van der Waals surface area contributed by atoms with Crippen LogP contribution in [0.5, 0.6) is 0 Å². The second-order valence-electron chi connectivity index (χ2n) is 12.4. The fourth-order valence-corrected chi connectivity index (χ4v) is 7.20. The quantitative estimate of drug-likeness (QED) is 0.118. The van der Waals surface area contributed by atoms with Gasteiger partial charge in [-0.05, 0) is 36.7 Å². The summed E-state index contributed by atoms with van der Waals surface area (Å²) in [5.41, 5.74) is 0.713. The number of aliphatic hydroxyl groups is 2. The molecular formula is C32H52N4O8S. The molecule has 2 amide bonds. The van der Waals surface area contributed by atoms with Crippen LogP contribution < -0.4 is 15.4 Å². The van der Waals surface area contributed by atoms with Gasteiger partial charge >= 0.3 is 0 Å². The zero-order chi connectivity index (χ0) is 32.8. The van der Waals surface area contributed by atoms with Crippen LogP contribution in [0.4, 0.5) is 0 Å². The third kappa shape index (κ3) is 12.4. The zero-order valence-electron chi connectivity index (χ0n) is 26.6. The van der Waals surface area contributed by atoms with E-state index in [2.05, 4.69) is 21.9 Å². The Morgan fingerprint density at radius 3 is 2.36 bits per heavy atom. The van der Waals surface area contributed by atoms with E-state index in [9.17, 15) is 28.2 Å². The molecule has 5 atom stereocenters. The van der Waals surface area contributed by atoms with Crippen LogP contribution in [0.2, 0.25) is 0 Å². The minimum Gasteiger partial charge on any atom is -0.390 e. The van der Waals surface area contributed by atoms with E-state index in [1.165, 1.54) is 10.4 Å². The van der Waals surface area contributed by atoms with Crippen LogP contribution in [0.3, 0.4) is 0 Å². The molecule has 0 spiro atoms. The first-order chi connectivity index (χ1) is 21.5. The Balaban J connectivity index is 1.80. The molecule has 3 rings (SSSR count). The van der Waals surface area contributed by atoms with Gasteiger partial charge in [0.25, 0.3) is 16.1 Å². The van der Waals surface area contributed by atoms with Crippen molar-refractivity contribution in [2.45, 2.75) is 95.7 Å². The van der Waals surface area contributed by atoms with E-state index in [4.69, 9.17) is 9.47 Å². The van der Waals surface area contributed by atoms with Crippen molar-refractivity contribution in [3.05, 3.63) is 48.6 Å². The van der Waals surface area contributed by atoms with Gasteiger partial charge in [-0.3, -0.25) is 9.59 Å². The van der Waals surface area contributed by atoms with Crippen LogP contribution in [0.1, 0.15) is 64.4 Å². The van der Waals surface area contributed by atoms with Crippen molar-refractivity contribution in [3.63, 3.8) is 0 Å². The molecule has 0 aromatic heterocycles. The molecule has 2 aliphatic rings. The summed E-state index contributed by atoms with van der Waals surface area (Å²) >= 11 is 0. The van der Waals surface area contributed by atoms with Crippen molar-refractivity contribution in [2.75, 3.05) is 32.9 Å². The lowest BCUT2D eigenvalue weighted by atomic mass is 9.82. The molecule has 1 saturated carbocycles. The molecule has 1 aliphatic heterocycles. The van der Waals surface area contributed by atoms with Crippen LogP contribution in [0.25, 0.3) is 0 Å². The molecule has 1 saturated heterocycles. The van der Waals surface area contributed by atoms with Gasteiger partial charge < -0.3 is 30.3 Å². The second-order valence-corrected chi connectivity index (χ2v) is 14.1. The molecule has 12 nitrogen and oxygen atoms in total. The van der Waals surface area contributed by atoms with Crippen LogP contribution in [-0.4, -0.2) is 98.2 Å². The normalized spacial score (nSPS) is 20.1. The molecule has 0 radical (unpaired) electrons. The summed E-state index contributed by atoms with van der Waals surface area (Å²) in [5, 5.41) is 27.3. The van der Waals surface area contributed by atoms with E-state index in [1.807, 2.05) is 19.9 Å². The van der Waals surface area contributed by atoms with Crippen LogP contribution in [0, 0.1) is 11.8 Å². The van der Waals surface area contributed by atoms with Crippen LogP contribution >= 0.6 is 0 Å². The van der Waals surface area contributed by atoms with Crippen molar-refractivity contribution >= 4 is 22.0 Å². The van der Waals surface area contributed by atoms with E-state index >= 15 is 0 Å². The van der Waals surface area contributed by atoms with Crippen molar-refractivity contribution in [1.82, 2.24) is 19.7 Å². The standard InChI is InChI=1S/C32H52N4O8S/c1-4-17-44-32(31(40)33-26(21-24-11-7-5-8-12-24)29(38)28(37)20-23(2)3)34-30(39)27(22-25-13-9-6-10-14-25)35-45(41,42)36-15-18-43-19-16-36/h4,6,9-10,13-14,23-24,26-29,32,35,37-38H,1,5,7-8,11-12,15-22H2,2-3H3,(H,33,40)(H,34,39)/t26-,27-,28-,29+,32-/m0/s1. The molecular weight excluding hydrogens is 600 g/mol. The number of aliphatic hydroxyl groups excluding tert-OH is 2. The van der Waals surface area contributed by atoms with Gasteiger partial charge in [0.2, 0.25) is 12.1 Å². The first-order valence-corrected chi connectivity index (χ1v) is 17.5. The highest BCUT2D eigenvalue weighted by atomic mass is 32.2. The molecule has 254 valence electrons. The van der Waals surface area contributed by atoms with Gasteiger partial charge in [-0.2, -0.15) is 17.4 Å². The van der Waals surface area contributed by atoms with Gasteiger partial charge in [-0.15, -0.1) is 6.58 Å². The molecule has 1 heterocycles. The summed E-state index contributed by atoms with van der Waals surface area (Å²) in [5.74, 6) is -1.07. The van der Waals surface area contributed by atoms with Gasteiger partial charge in [0.1, 0.15) is 12.1 Å². The Bertz CT molecular complexity index is 1160. The van der Waals surface area contributed by atoms with E-state index in [0.29, 0.717) is 18.4 Å². The molecule has 0 unspecified atom stereocenters. The summed E-state index contributed by atoms with van der Waals surface area (Å²) in [6.45, 7) is 8.22. The number of carbonyl (C=O) groups excluding carboxylic acids is 2. The number of morpholine rings is 1. The maximum Gasteiger partial charge on any atom is 0.280 e. The number of rotatable bonds is 18. The number of nitrogens with one attached hydrogen (secondary N) is 3. The second kappa shape index (κ2) is 18.7. The molecule has 1 aromatic carbocycles. The number of hydrogen-bond acceptors (Lipinski definition) is 8. The fraction of sp³-hybridized carbons (Fsp3) is 0.688. The highest BCUT2D eigenvalue weighted by molar-refractivity contribution is 7.87. The van der Waals surface area contributed by atoms with E-state index in [0.717, 1.165) is 32.1 Å². The summed E-state index contributed by atoms with van der Waals surface area (Å²) in [6.07, 6.45) is 3.72. The smallest absolute Gasteiger partial charge is 0.280 e. The van der Waals surface area contributed by atoms with Crippen molar-refractivity contribution in [2.24, 2.45) is 11.8 Å². The predicted molar refractivity (Wildman–Crippen MR) is 171 cm³/mol. The third-order valence-corrected chi connectivity index (χ3v) is 9.88. The zero-order valence-corrected chi connectivity index (χ0v) is 27.4. The minimum atomic E-state index is -4.06. The maximum atomic E-state index is 13.7. The molecule has 1 aliphatic carbocycles. The van der Waals surface area contributed by atoms with E-state index in [-0.39, 0.29) is 51.2 Å². The van der Waals surface area contributed by atoms with Gasteiger partial charge in [-0.1, -0.05) is 82.4 Å². The lowest BCUT2D eigenvalue weighted by Gasteiger charge is -2.33. The van der Waals surface area contributed by atoms with Gasteiger partial charge in [0.15, 0.2) is 0 Å². The fourth-order valence-electron chi connectivity index (χ4n) is 5.87. The Morgan fingerprint density at radius 1 is 1.07 bits per heavy atom. The van der Waals surface area contributed by atoms with Gasteiger partial charge in [0, 0.05) is 13.1 Å². The first kappa shape index (κ1) is 37.1. The lowest BCUT2D eigenvalue weighted by Crippen LogP contribution is -2.59. The highest BCUT2D eigenvalue weighted by Gasteiger charge is 2.36. The third-order valence-electron chi connectivity index (χ3n) is 8.25.